The van der Waals surface area contributed by atoms with Crippen LogP contribution in [0.15, 0.2) is 105 Å². The number of rotatable bonds is 3. The molecule has 1 aromatic carbocycles. The molecule has 4 nitrogen and oxygen atoms in total. The van der Waals surface area contributed by atoms with Crippen LogP contribution in [0.4, 0.5) is 0 Å². The quantitative estimate of drug-likeness (QED) is 0.667. The number of ether oxygens (including phenoxy) is 1. The molecule has 2 bridgehead atoms. The molecule has 0 radical (unpaired) electrons. The number of allylic oxidation sites excluding steroid dienone is 10. The van der Waals surface area contributed by atoms with Crippen molar-refractivity contribution in [2.24, 2.45) is 5.92 Å². The van der Waals surface area contributed by atoms with E-state index in [4.69, 9.17) is 4.74 Å². The van der Waals surface area contributed by atoms with E-state index in [1.54, 1.807) is 18.2 Å². The summed E-state index contributed by atoms with van der Waals surface area (Å²) in [6.45, 7) is 8.42. The molecule has 2 heterocycles. The fourth-order valence-corrected chi connectivity index (χ4v) is 6.80. The maximum atomic E-state index is 13.4. The molecule has 0 N–H and O–H groups in total. The van der Waals surface area contributed by atoms with Crippen LogP contribution in [0, 0.1) is 5.92 Å². The average Bonchev–Trinajstić information content (AvgIpc) is 3.17. The molecular formula is C27H26O4S. The Morgan fingerprint density at radius 1 is 0.938 bits per heavy atom. The largest absolute Gasteiger partial charge is 0.356 e. The van der Waals surface area contributed by atoms with Gasteiger partial charge in [0.2, 0.25) is 0 Å². The van der Waals surface area contributed by atoms with Crippen LogP contribution in [-0.2, 0) is 19.4 Å². The lowest BCUT2D eigenvalue weighted by Crippen LogP contribution is -2.41. The standard InChI is InChI=1S/C27H26O4S/c1-15(2)18-12-10-17(4)22-21(14-18)16(3)11-13-20-23(22)26-24(28)27(25(20)31-26)32(29,30)19-8-6-5-7-9-19/h5-15,25-27H,1-4H3. The molecule has 0 aromatic heterocycles. The van der Waals surface area contributed by atoms with Gasteiger partial charge in [-0.15, -0.1) is 0 Å². The number of ketones is 1. The molecule has 32 heavy (non-hydrogen) atoms. The molecule has 0 spiro atoms. The third-order valence-electron chi connectivity index (χ3n) is 6.76. The summed E-state index contributed by atoms with van der Waals surface area (Å²) < 4.78 is 32.9. The predicted molar refractivity (Wildman–Crippen MR) is 125 cm³/mol. The van der Waals surface area contributed by atoms with E-state index in [1.165, 1.54) is 17.7 Å². The number of sulfone groups is 1. The lowest BCUT2D eigenvalue weighted by molar-refractivity contribution is -0.120. The minimum absolute atomic E-state index is 0.154. The van der Waals surface area contributed by atoms with Crippen LogP contribution in [0.1, 0.15) is 27.7 Å². The zero-order valence-electron chi connectivity index (χ0n) is 18.6. The summed E-state index contributed by atoms with van der Waals surface area (Å²) in [4.78, 5) is 13.6. The van der Waals surface area contributed by atoms with E-state index in [2.05, 4.69) is 39.0 Å². The molecule has 5 rings (SSSR count). The second-order valence-electron chi connectivity index (χ2n) is 9.11. The van der Waals surface area contributed by atoms with E-state index in [-0.39, 0.29) is 10.7 Å². The second kappa shape index (κ2) is 7.39. The zero-order chi connectivity index (χ0) is 22.8. The molecule has 0 amide bonds. The normalized spacial score (nSPS) is 27.1. The lowest BCUT2D eigenvalue weighted by Gasteiger charge is -2.24. The maximum absolute atomic E-state index is 13.4. The number of benzene rings is 1. The first kappa shape index (κ1) is 21.1. The maximum Gasteiger partial charge on any atom is 0.191 e. The van der Waals surface area contributed by atoms with Gasteiger partial charge in [-0.25, -0.2) is 8.42 Å². The van der Waals surface area contributed by atoms with Crippen molar-refractivity contribution < 1.29 is 17.9 Å². The Morgan fingerprint density at radius 2 is 1.62 bits per heavy atom. The van der Waals surface area contributed by atoms with Gasteiger partial charge in [0.1, 0.15) is 12.2 Å². The van der Waals surface area contributed by atoms with Gasteiger partial charge in [-0.3, -0.25) is 4.79 Å². The van der Waals surface area contributed by atoms with Crippen LogP contribution < -0.4 is 0 Å². The molecular weight excluding hydrogens is 420 g/mol. The van der Waals surface area contributed by atoms with E-state index < -0.39 is 27.3 Å². The molecule has 2 aliphatic heterocycles. The van der Waals surface area contributed by atoms with Gasteiger partial charge < -0.3 is 4.74 Å². The Morgan fingerprint density at radius 3 is 2.31 bits per heavy atom. The van der Waals surface area contributed by atoms with E-state index >= 15 is 0 Å². The minimum atomic E-state index is -3.86. The summed E-state index contributed by atoms with van der Waals surface area (Å²) in [5.74, 6) is -0.0100. The topological polar surface area (TPSA) is 60.4 Å². The highest BCUT2D eigenvalue weighted by Gasteiger charge is 2.60. The van der Waals surface area contributed by atoms with Crippen molar-refractivity contribution in [1.82, 2.24) is 0 Å². The highest BCUT2D eigenvalue weighted by Crippen LogP contribution is 2.50. The molecule has 4 aliphatic rings. The number of Topliss-reactive ketones (excluding diaryl/α,β-unsaturated/α-hetero) is 1. The van der Waals surface area contributed by atoms with Crippen molar-refractivity contribution in [1.29, 1.82) is 0 Å². The van der Waals surface area contributed by atoms with Gasteiger partial charge in [-0.05, 0) is 65.3 Å². The van der Waals surface area contributed by atoms with Crippen LogP contribution in [0.2, 0.25) is 0 Å². The number of hydrogen-bond acceptors (Lipinski definition) is 4. The SMILES string of the molecule is CC1=CC=C2C(=C3C(C)=CC=C(C(C)C)C=C13)C1OC2C(S(=O)(=O)c2ccccc2)C1=O. The van der Waals surface area contributed by atoms with Gasteiger partial charge in [0, 0.05) is 5.57 Å². The molecule has 3 unspecified atom stereocenters. The molecule has 1 aromatic rings. The highest BCUT2D eigenvalue weighted by atomic mass is 32.2. The summed E-state index contributed by atoms with van der Waals surface area (Å²) in [5.41, 5.74) is 7.04. The summed E-state index contributed by atoms with van der Waals surface area (Å²) >= 11 is 0. The summed E-state index contributed by atoms with van der Waals surface area (Å²) in [6, 6.07) is 8.18. The van der Waals surface area contributed by atoms with E-state index in [1.807, 2.05) is 19.1 Å². The fraction of sp³-hybridized carbons (Fsp3) is 0.296. The van der Waals surface area contributed by atoms with Crippen molar-refractivity contribution in [2.45, 2.75) is 50.0 Å². The minimum Gasteiger partial charge on any atom is -0.356 e. The van der Waals surface area contributed by atoms with Crippen molar-refractivity contribution in [3.8, 4) is 0 Å². The Hall–Kier alpha value is -2.76. The van der Waals surface area contributed by atoms with E-state index in [0.29, 0.717) is 5.92 Å². The number of carbonyl (C=O) groups excluding carboxylic acids is 1. The average molecular weight is 447 g/mol. The third kappa shape index (κ3) is 2.99. The van der Waals surface area contributed by atoms with E-state index in [0.717, 1.165) is 33.4 Å². The van der Waals surface area contributed by atoms with Crippen molar-refractivity contribution >= 4 is 15.6 Å². The number of fused-ring (bicyclic) bond motifs is 6. The molecule has 3 atom stereocenters. The van der Waals surface area contributed by atoms with Crippen molar-refractivity contribution in [2.75, 3.05) is 0 Å². The summed E-state index contributed by atoms with van der Waals surface area (Å²) in [5, 5.41) is -1.22. The van der Waals surface area contributed by atoms with Gasteiger partial charge in [0.15, 0.2) is 20.9 Å². The number of carbonyl (C=O) groups is 1. The van der Waals surface area contributed by atoms with Gasteiger partial charge >= 0.3 is 0 Å². The second-order valence-corrected chi connectivity index (χ2v) is 11.2. The Bertz CT molecular complexity index is 1310. The van der Waals surface area contributed by atoms with Gasteiger partial charge in [-0.2, -0.15) is 0 Å². The van der Waals surface area contributed by atoms with Crippen LogP contribution in [0.25, 0.3) is 0 Å². The first-order valence-corrected chi connectivity index (χ1v) is 12.5. The lowest BCUT2D eigenvalue weighted by atomic mass is 9.81. The first-order chi connectivity index (χ1) is 15.2. The molecule has 5 heteroatoms. The Kier molecular flexibility index (Phi) is 4.88. The van der Waals surface area contributed by atoms with Gasteiger partial charge in [0.05, 0.1) is 4.90 Å². The first-order valence-electron chi connectivity index (χ1n) is 10.9. The van der Waals surface area contributed by atoms with Crippen LogP contribution in [0.3, 0.4) is 0 Å². The van der Waals surface area contributed by atoms with Crippen LogP contribution in [-0.4, -0.2) is 31.7 Å². The zero-order valence-corrected chi connectivity index (χ0v) is 19.4. The van der Waals surface area contributed by atoms with Gasteiger partial charge in [0.25, 0.3) is 0 Å². The fourth-order valence-electron chi connectivity index (χ4n) is 5.00. The number of hydrogen-bond donors (Lipinski definition) is 0. The third-order valence-corrected chi connectivity index (χ3v) is 8.83. The van der Waals surface area contributed by atoms with Crippen molar-refractivity contribution in [3.05, 3.63) is 99.7 Å². The molecule has 2 aliphatic carbocycles. The predicted octanol–water partition coefficient (Wildman–Crippen LogP) is 4.83. The molecule has 2 fully saturated rings. The van der Waals surface area contributed by atoms with Crippen LogP contribution in [0.5, 0.6) is 0 Å². The smallest absolute Gasteiger partial charge is 0.191 e. The highest BCUT2D eigenvalue weighted by molar-refractivity contribution is 7.93. The molecule has 0 saturated carbocycles. The van der Waals surface area contributed by atoms with E-state index in [9.17, 15) is 13.2 Å². The van der Waals surface area contributed by atoms with Crippen LogP contribution >= 0.6 is 0 Å². The molecule has 2 saturated heterocycles. The monoisotopic (exact) mass is 446 g/mol. The van der Waals surface area contributed by atoms with Gasteiger partial charge in [-0.1, -0.05) is 62.4 Å². The molecule has 164 valence electrons. The van der Waals surface area contributed by atoms with Crippen molar-refractivity contribution in [3.63, 3.8) is 0 Å². The Labute approximate surface area is 189 Å². The summed E-state index contributed by atoms with van der Waals surface area (Å²) in [7, 11) is -3.86. The Balaban J connectivity index is 1.68. The summed E-state index contributed by atoms with van der Waals surface area (Å²) in [6.07, 6.45) is 8.72.